The van der Waals surface area contributed by atoms with Gasteiger partial charge < -0.3 is 9.84 Å². The first-order valence-electron chi connectivity index (χ1n) is 7.20. The second-order valence-electron chi connectivity index (χ2n) is 5.12. The lowest BCUT2D eigenvalue weighted by molar-refractivity contribution is 0.527. The molecule has 1 aromatic carbocycles. The summed E-state index contributed by atoms with van der Waals surface area (Å²) in [6.45, 7) is 4.18. The van der Waals surface area contributed by atoms with Crippen LogP contribution in [0.4, 0.5) is 0 Å². The number of hydrogen-bond donors (Lipinski definition) is 1. The van der Waals surface area contributed by atoms with Crippen molar-refractivity contribution in [3.05, 3.63) is 61.8 Å². The summed E-state index contributed by atoms with van der Waals surface area (Å²) in [7, 11) is 0. The van der Waals surface area contributed by atoms with Gasteiger partial charge in [0.2, 0.25) is 5.89 Å². The molecular formula is C16H15Cl2N3O2. The number of nitrogens with zero attached hydrogens (tertiary/aromatic N) is 2. The minimum absolute atomic E-state index is 0.133. The largest absolute Gasteiger partial charge is 0.437 e. The fourth-order valence-electron chi connectivity index (χ4n) is 2.46. The molecule has 23 heavy (non-hydrogen) atoms. The molecule has 2 aromatic heterocycles. The molecule has 0 radical (unpaired) electrons. The number of rotatable bonds is 4. The minimum atomic E-state index is -0.133. The van der Waals surface area contributed by atoms with Crippen molar-refractivity contribution in [2.24, 2.45) is 0 Å². The van der Waals surface area contributed by atoms with Crippen LogP contribution in [-0.4, -0.2) is 9.66 Å². The number of halogens is 2. The lowest BCUT2D eigenvalue weighted by Gasteiger charge is -2.13. The summed E-state index contributed by atoms with van der Waals surface area (Å²) >= 11 is 12.2. The van der Waals surface area contributed by atoms with Crippen LogP contribution in [0.15, 0.2) is 33.5 Å². The van der Waals surface area contributed by atoms with Crippen LogP contribution < -0.4 is 11.0 Å². The van der Waals surface area contributed by atoms with Crippen LogP contribution in [0.2, 0.25) is 10.0 Å². The summed E-state index contributed by atoms with van der Waals surface area (Å²) in [5.74, 6) is 0.406. The molecule has 0 unspecified atom stereocenters. The third kappa shape index (κ3) is 2.94. The van der Waals surface area contributed by atoms with Gasteiger partial charge in [-0.2, -0.15) is 0 Å². The van der Waals surface area contributed by atoms with Crippen LogP contribution in [0, 0.1) is 6.92 Å². The van der Waals surface area contributed by atoms with E-state index in [4.69, 9.17) is 27.6 Å². The van der Waals surface area contributed by atoms with Crippen molar-refractivity contribution in [2.75, 3.05) is 5.43 Å². The quantitative estimate of drug-likeness (QED) is 0.773. The SMILES string of the molecule is CCc1ccc(=O)n(NCc2nc3c(Cl)ccc(Cl)c3o2)c1C. The molecule has 120 valence electrons. The van der Waals surface area contributed by atoms with Gasteiger partial charge in [0.25, 0.3) is 5.56 Å². The zero-order valence-electron chi connectivity index (χ0n) is 12.7. The maximum absolute atomic E-state index is 12.0. The Hall–Kier alpha value is -1.98. The van der Waals surface area contributed by atoms with Gasteiger partial charge in [-0.1, -0.05) is 36.2 Å². The zero-order chi connectivity index (χ0) is 16.6. The van der Waals surface area contributed by atoms with Crippen LogP contribution in [0.1, 0.15) is 24.1 Å². The molecule has 0 fully saturated rings. The second kappa shape index (κ2) is 6.26. The summed E-state index contributed by atoms with van der Waals surface area (Å²) < 4.78 is 7.13. The van der Waals surface area contributed by atoms with E-state index in [1.165, 1.54) is 4.68 Å². The maximum atomic E-state index is 12.0. The fourth-order valence-corrected chi connectivity index (χ4v) is 2.84. The molecule has 0 aliphatic heterocycles. The van der Waals surface area contributed by atoms with Gasteiger partial charge in [0.1, 0.15) is 12.1 Å². The molecule has 3 rings (SSSR count). The van der Waals surface area contributed by atoms with Gasteiger partial charge in [-0.3, -0.25) is 4.79 Å². The Labute approximate surface area is 142 Å². The number of oxazole rings is 1. The highest BCUT2D eigenvalue weighted by atomic mass is 35.5. The molecule has 3 aromatic rings. The van der Waals surface area contributed by atoms with E-state index in [1.807, 2.05) is 19.9 Å². The normalized spacial score (nSPS) is 11.1. The molecule has 7 heteroatoms. The Morgan fingerprint density at radius 2 is 1.96 bits per heavy atom. The summed E-state index contributed by atoms with van der Waals surface area (Å²) in [5.41, 5.74) is 5.83. The van der Waals surface area contributed by atoms with Crippen molar-refractivity contribution >= 4 is 34.3 Å². The Kier molecular flexibility index (Phi) is 4.33. The lowest BCUT2D eigenvalue weighted by atomic mass is 10.1. The Balaban J connectivity index is 1.91. The number of fused-ring (bicyclic) bond motifs is 1. The summed E-state index contributed by atoms with van der Waals surface area (Å²) in [6.07, 6.45) is 0.849. The lowest BCUT2D eigenvalue weighted by Crippen LogP contribution is -2.30. The van der Waals surface area contributed by atoms with Gasteiger partial charge in [0.15, 0.2) is 5.58 Å². The van der Waals surface area contributed by atoms with Gasteiger partial charge in [0, 0.05) is 11.8 Å². The Morgan fingerprint density at radius 1 is 1.22 bits per heavy atom. The number of hydrogen-bond acceptors (Lipinski definition) is 4. The number of benzene rings is 1. The average molecular weight is 352 g/mol. The molecule has 1 N–H and O–H groups in total. The van der Waals surface area contributed by atoms with Crippen molar-refractivity contribution < 1.29 is 4.42 Å². The van der Waals surface area contributed by atoms with Crippen LogP contribution in [0.5, 0.6) is 0 Å². The Morgan fingerprint density at radius 3 is 2.65 bits per heavy atom. The molecule has 2 heterocycles. The van der Waals surface area contributed by atoms with E-state index in [0.29, 0.717) is 27.0 Å². The second-order valence-corrected chi connectivity index (χ2v) is 5.94. The summed E-state index contributed by atoms with van der Waals surface area (Å²) in [5, 5.41) is 0.921. The molecule has 0 saturated heterocycles. The van der Waals surface area contributed by atoms with E-state index in [-0.39, 0.29) is 12.1 Å². The fraction of sp³-hybridized carbons (Fsp3) is 0.250. The average Bonchev–Trinajstić information content (AvgIpc) is 2.96. The predicted molar refractivity (Wildman–Crippen MR) is 91.9 cm³/mol. The van der Waals surface area contributed by atoms with E-state index in [9.17, 15) is 4.79 Å². The third-order valence-corrected chi connectivity index (χ3v) is 4.31. The maximum Gasteiger partial charge on any atom is 0.269 e. The minimum Gasteiger partial charge on any atom is -0.437 e. The topological polar surface area (TPSA) is 60.1 Å². The van der Waals surface area contributed by atoms with Crippen molar-refractivity contribution in [2.45, 2.75) is 26.8 Å². The Bertz CT molecular complexity index is 892. The first-order chi connectivity index (χ1) is 11.0. The summed E-state index contributed by atoms with van der Waals surface area (Å²) in [6, 6.07) is 6.72. The van der Waals surface area contributed by atoms with Gasteiger partial charge >= 0.3 is 0 Å². The predicted octanol–water partition coefficient (Wildman–Crippen LogP) is 3.91. The van der Waals surface area contributed by atoms with E-state index in [0.717, 1.165) is 17.7 Å². The van der Waals surface area contributed by atoms with Gasteiger partial charge in [-0.25, -0.2) is 9.66 Å². The zero-order valence-corrected chi connectivity index (χ0v) is 14.2. The van der Waals surface area contributed by atoms with Gasteiger partial charge in [0.05, 0.1) is 10.0 Å². The molecular weight excluding hydrogens is 337 g/mol. The number of pyridine rings is 1. The third-order valence-electron chi connectivity index (χ3n) is 3.71. The molecule has 0 saturated carbocycles. The number of nitrogens with one attached hydrogen (secondary N) is 1. The highest BCUT2D eigenvalue weighted by molar-refractivity contribution is 6.39. The molecule has 0 spiro atoms. The smallest absolute Gasteiger partial charge is 0.269 e. The number of aryl methyl sites for hydroxylation is 1. The van der Waals surface area contributed by atoms with E-state index in [2.05, 4.69) is 10.4 Å². The molecule has 0 aliphatic rings. The monoisotopic (exact) mass is 351 g/mol. The van der Waals surface area contributed by atoms with Crippen LogP contribution in [-0.2, 0) is 13.0 Å². The first kappa shape index (κ1) is 15.9. The van der Waals surface area contributed by atoms with Crippen molar-refractivity contribution in [1.82, 2.24) is 9.66 Å². The highest BCUT2D eigenvalue weighted by Gasteiger charge is 2.13. The van der Waals surface area contributed by atoms with E-state index >= 15 is 0 Å². The van der Waals surface area contributed by atoms with Crippen LogP contribution >= 0.6 is 23.2 Å². The van der Waals surface area contributed by atoms with E-state index in [1.54, 1.807) is 18.2 Å². The first-order valence-corrected chi connectivity index (χ1v) is 7.95. The van der Waals surface area contributed by atoms with E-state index < -0.39 is 0 Å². The highest BCUT2D eigenvalue weighted by Crippen LogP contribution is 2.30. The molecule has 0 atom stereocenters. The van der Waals surface area contributed by atoms with Crippen LogP contribution in [0.25, 0.3) is 11.1 Å². The van der Waals surface area contributed by atoms with Gasteiger partial charge in [-0.15, -0.1) is 0 Å². The molecule has 0 aliphatic carbocycles. The molecule has 0 amide bonds. The van der Waals surface area contributed by atoms with Crippen molar-refractivity contribution in [3.8, 4) is 0 Å². The van der Waals surface area contributed by atoms with Crippen LogP contribution in [0.3, 0.4) is 0 Å². The van der Waals surface area contributed by atoms with Crippen molar-refractivity contribution in [3.63, 3.8) is 0 Å². The molecule has 0 bridgehead atoms. The molecule has 5 nitrogen and oxygen atoms in total. The standard InChI is InChI=1S/C16H15Cl2N3O2/c1-3-10-4-7-14(22)21(9(10)2)19-8-13-20-15-11(17)5-6-12(18)16(15)23-13/h4-7,19H,3,8H2,1-2H3. The number of aromatic nitrogens is 2. The summed E-state index contributed by atoms with van der Waals surface area (Å²) in [4.78, 5) is 16.3. The van der Waals surface area contributed by atoms with Crippen molar-refractivity contribution in [1.29, 1.82) is 0 Å². The van der Waals surface area contributed by atoms with Gasteiger partial charge in [-0.05, 0) is 31.0 Å².